The summed E-state index contributed by atoms with van der Waals surface area (Å²) in [6.07, 6.45) is 2.95. The topological polar surface area (TPSA) is 52.2 Å². The molecule has 2 rings (SSSR count). The molecule has 1 heterocycles. The second-order valence-corrected chi connectivity index (χ2v) is 4.44. The van der Waals surface area contributed by atoms with Gasteiger partial charge in [0.1, 0.15) is 0 Å². The quantitative estimate of drug-likeness (QED) is 0.427. The van der Waals surface area contributed by atoms with E-state index >= 15 is 0 Å². The molecule has 2 aromatic rings. The van der Waals surface area contributed by atoms with Crippen molar-refractivity contribution < 1.29 is 0 Å². The summed E-state index contributed by atoms with van der Waals surface area (Å²) in [7, 11) is 3.60. The number of halogens is 2. The van der Waals surface area contributed by atoms with E-state index in [9.17, 15) is 0 Å². The van der Waals surface area contributed by atoms with Gasteiger partial charge in [-0.3, -0.25) is 4.99 Å². The van der Waals surface area contributed by atoms with Gasteiger partial charge in [-0.25, -0.2) is 0 Å². The maximum Gasteiger partial charge on any atom is 0.190 e. The molecule has 0 fully saturated rings. The van der Waals surface area contributed by atoms with Crippen LogP contribution in [-0.2, 0) is 6.42 Å². The number of aromatic amines is 1. The molecule has 0 saturated heterocycles. The van der Waals surface area contributed by atoms with Crippen LogP contribution in [0.4, 0.5) is 0 Å². The first kappa shape index (κ1) is 16.1. The fraction of sp³-hybridized carbons (Fsp3) is 0.308. The van der Waals surface area contributed by atoms with Crippen LogP contribution >= 0.6 is 35.6 Å². The van der Waals surface area contributed by atoms with Crippen LogP contribution < -0.4 is 10.6 Å². The Balaban J connectivity index is 0.00000180. The summed E-state index contributed by atoms with van der Waals surface area (Å²) in [5.41, 5.74) is 2.37. The monoisotopic (exact) mass is 392 g/mol. The Kier molecular flexibility index (Phi) is 6.44. The Bertz CT molecular complexity index is 565. The summed E-state index contributed by atoms with van der Waals surface area (Å²) in [6, 6.07) is 5.89. The van der Waals surface area contributed by atoms with E-state index in [1.807, 2.05) is 31.4 Å². The lowest BCUT2D eigenvalue weighted by atomic mass is 10.1. The van der Waals surface area contributed by atoms with Gasteiger partial charge in [-0.15, -0.1) is 24.0 Å². The number of hydrogen-bond donors (Lipinski definition) is 3. The lowest BCUT2D eigenvalue weighted by molar-refractivity contribution is 0.837. The average Bonchev–Trinajstić information content (AvgIpc) is 2.77. The minimum Gasteiger partial charge on any atom is -0.361 e. The van der Waals surface area contributed by atoms with Crippen LogP contribution in [0.1, 0.15) is 5.56 Å². The molecule has 0 atom stereocenters. The molecular formula is C13H18ClIN4. The van der Waals surface area contributed by atoms with Crippen molar-refractivity contribution in [2.45, 2.75) is 6.42 Å². The smallest absolute Gasteiger partial charge is 0.190 e. The molecule has 1 aromatic heterocycles. The number of aromatic nitrogens is 1. The molecule has 0 unspecified atom stereocenters. The Hall–Kier alpha value is -0.950. The molecule has 0 spiro atoms. The fourth-order valence-corrected chi connectivity index (χ4v) is 2.12. The van der Waals surface area contributed by atoms with Crippen molar-refractivity contribution >= 4 is 52.4 Å². The zero-order valence-corrected chi connectivity index (χ0v) is 14.0. The number of rotatable bonds is 3. The van der Waals surface area contributed by atoms with Gasteiger partial charge in [-0.05, 0) is 30.2 Å². The highest BCUT2D eigenvalue weighted by Gasteiger charge is 2.04. The molecule has 0 amide bonds. The van der Waals surface area contributed by atoms with Crippen molar-refractivity contribution in [1.82, 2.24) is 15.6 Å². The highest BCUT2D eigenvalue weighted by atomic mass is 127. The number of H-pyrrole nitrogens is 1. The van der Waals surface area contributed by atoms with E-state index in [0.717, 1.165) is 29.5 Å². The van der Waals surface area contributed by atoms with Crippen molar-refractivity contribution in [3.05, 3.63) is 35.0 Å². The summed E-state index contributed by atoms with van der Waals surface area (Å²) >= 11 is 6.02. The number of nitrogens with one attached hydrogen (secondary N) is 3. The van der Waals surface area contributed by atoms with Crippen LogP contribution in [-0.4, -0.2) is 31.6 Å². The zero-order valence-electron chi connectivity index (χ0n) is 11.0. The van der Waals surface area contributed by atoms with Crippen LogP contribution in [0.5, 0.6) is 0 Å². The van der Waals surface area contributed by atoms with Crippen molar-refractivity contribution in [2.24, 2.45) is 4.99 Å². The van der Waals surface area contributed by atoms with E-state index in [1.54, 1.807) is 7.05 Å². The summed E-state index contributed by atoms with van der Waals surface area (Å²) in [5.74, 6) is 0.799. The number of aliphatic imine (C=N–C) groups is 1. The van der Waals surface area contributed by atoms with Crippen LogP contribution in [0.2, 0.25) is 5.02 Å². The number of nitrogens with zero attached hydrogens (tertiary/aromatic N) is 1. The second-order valence-electron chi connectivity index (χ2n) is 4.00. The summed E-state index contributed by atoms with van der Waals surface area (Å²) < 4.78 is 0. The van der Waals surface area contributed by atoms with Gasteiger partial charge in [0.05, 0.1) is 0 Å². The van der Waals surface area contributed by atoms with Gasteiger partial charge in [0.15, 0.2) is 5.96 Å². The lowest BCUT2D eigenvalue weighted by Crippen LogP contribution is -2.35. The fourth-order valence-electron chi connectivity index (χ4n) is 1.95. The first-order valence-corrected chi connectivity index (χ1v) is 6.26. The Labute approximate surface area is 135 Å². The lowest BCUT2D eigenvalue weighted by Gasteiger charge is -2.07. The predicted octanol–water partition coefficient (Wildman–Crippen LogP) is 2.78. The van der Waals surface area contributed by atoms with Crippen LogP contribution in [0.3, 0.4) is 0 Å². The number of guanidine groups is 1. The van der Waals surface area contributed by atoms with Crippen LogP contribution in [0.15, 0.2) is 29.4 Å². The minimum absolute atomic E-state index is 0. The van der Waals surface area contributed by atoms with Crippen molar-refractivity contribution in [3.63, 3.8) is 0 Å². The third-order valence-electron chi connectivity index (χ3n) is 2.88. The number of hydrogen-bond acceptors (Lipinski definition) is 1. The highest BCUT2D eigenvalue weighted by Crippen LogP contribution is 2.22. The van der Waals surface area contributed by atoms with Gasteiger partial charge < -0.3 is 15.6 Å². The van der Waals surface area contributed by atoms with E-state index < -0.39 is 0 Å². The van der Waals surface area contributed by atoms with Gasteiger partial charge in [-0.2, -0.15) is 0 Å². The second kappa shape index (κ2) is 7.59. The average molecular weight is 393 g/mol. The molecule has 0 aliphatic rings. The molecule has 0 aliphatic heterocycles. The van der Waals surface area contributed by atoms with E-state index in [1.165, 1.54) is 10.9 Å². The molecular weight excluding hydrogens is 375 g/mol. The van der Waals surface area contributed by atoms with Gasteiger partial charge in [0, 0.05) is 42.8 Å². The molecule has 3 N–H and O–H groups in total. The Morgan fingerprint density at radius 2 is 2.21 bits per heavy atom. The summed E-state index contributed by atoms with van der Waals surface area (Å²) in [4.78, 5) is 7.32. The maximum atomic E-state index is 6.02. The number of benzene rings is 1. The van der Waals surface area contributed by atoms with E-state index in [-0.39, 0.29) is 24.0 Å². The highest BCUT2D eigenvalue weighted by molar-refractivity contribution is 14.0. The molecule has 0 aliphatic carbocycles. The standard InChI is InChI=1S/C13H17ClN4.HI/c1-15-13(16-2)17-6-5-9-8-18-12-4-3-10(14)7-11(9)12;/h3-4,7-8,18H,5-6H2,1-2H3,(H2,15,16,17);1H. The summed E-state index contributed by atoms with van der Waals surface area (Å²) in [5, 5.41) is 8.17. The van der Waals surface area contributed by atoms with Gasteiger partial charge in [-0.1, -0.05) is 11.6 Å². The van der Waals surface area contributed by atoms with Gasteiger partial charge in [0.25, 0.3) is 0 Å². The summed E-state index contributed by atoms with van der Waals surface area (Å²) in [6.45, 7) is 0.826. The maximum absolute atomic E-state index is 6.02. The molecule has 0 bridgehead atoms. The Morgan fingerprint density at radius 3 is 2.89 bits per heavy atom. The Morgan fingerprint density at radius 1 is 1.42 bits per heavy atom. The molecule has 19 heavy (non-hydrogen) atoms. The zero-order chi connectivity index (χ0) is 13.0. The first-order valence-electron chi connectivity index (χ1n) is 5.88. The van der Waals surface area contributed by atoms with Crippen LogP contribution in [0, 0.1) is 0 Å². The van der Waals surface area contributed by atoms with Crippen molar-refractivity contribution in [2.75, 3.05) is 20.6 Å². The van der Waals surface area contributed by atoms with E-state index in [2.05, 4.69) is 20.6 Å². The predicted molar refractivity (Wildman–Crippen MR) is 92.8 cm³/mol. The van der Waals surface area contributed by atoms with E-state index in [0.29, 0.717) is 0 Å². The SMILES string of the molecule is CN=C(NC)NCCc1c[nH]c2ccc(Cl)cc12.I. The minimum atomic E-state index is 0. The van der Waals surface area contributed by atoms with E-state index in [4.69, 9.17) is 11.6 Å². The molecule has 0 radical (unpaired) electrons. The molecule has 1 aromatic carbocycles. The molecule has 104 valence electrons. The third kappa shape index (κ3) is 4.01. The number of fused-ring (bicyclic) bond motifs is 1. The van der Waals surface area contributed by atoms with Gasteiger partial charge >= 0.3 is 0 Å². The molecule has 6 heteroatoms. The van der Waals surface area contributed by atoms with Gasteiger partial charge in [0.2, 0.25) is 0 Å². The van der Waals surface area contributed by atoms with Crippen molar-refractivity contribution in [1.29, 1.82) is 0 Å². The largest absolute Gasteiger partial charge is 0.361 e. The van der Waals surface area contributed by atoms with Crippen LogP contribution in [0.25, 0.3) is 10.9 Å². The normalized spacial score (nSPS) is 11.2. The first-order chi connectivity index (χ1) is 8.74. The third-order valence-corrected chi connectivity index (χ3v) is 3.11. The van der Waals surface area contributed by atoms with Crippen molar-refractivity contribution in [3.8, 4) is 0 Å². The molecule has 0 saturated carbocycles. The molecule has 4 nitrogen and oxygen atoms in total.